The normalized spacial score (nSPS) is 14.8. The predicted octanol–water partition coefficient (Wildman–Crippen LogP) is 5.74. The number of aryl methyl sites for hydroxylation is 2. The van der Waals surface area contributed by atoms with E-state index in [1.54, 1.807) is 16.2 Å². The van der Waals surface area contributed by atoms with Gasteiger partial charge in [0, 0.05) is 16.6 Å². The number of hydrogen-bond donors (Lipinski definition) is 1. The molecule has 32 heavy (non-hydrogen) atoms. The van der Waals surface area contributed by atoms with Crippen LogP contribution in [0.2, 0.25) is 0 Å². The van der Waals surface area contributed by atoms with Gasteiger partial charge < -0.3 is 5.32 Å². The second-order valence-corrected chi connectivity index (χ2v) is 9.65. The molecule has 0 spiro atoms. The monoisotopic (exact) mass is 446 g/mol. The molecule has 4 nitrogen and oxygen atoms in total. The lowest BCUT2D eigenvalue weighted by molar-refractivity contribution is -0.127. The Labute approximate surface area is 194 Å². The summed E-state index contributed by atoms with van der Waals surface area (Å²) in [5.41, 5.74) is 3.72. The van der Waals surface area contributed by atoms with E-state index in [2.05, 4.69) is 11.4 Å². The maximum absolute atomic E-state index is 13.8. The molecule has 0 aliphatic heterocycles. The van der Waals surface area contributed by atoms with Crippen molar-refractivity contribution in [3.8, 4) is 0 Å². The van der Waals surface area contributed by atoms with E-state index in [0.717, 1.165) is 52.9 Å². The molecule has 166 valence electrons. The third kappa shape index (κ3) is 5.10. The highest BCUT2D eigenvalue weighted by atomic mass is 32.1. The van der Waals surface area contributed by atoms with E-state index in [4.69, 9.17) is 0 Å². The lowest BCUT2D eigenvalue weighted by Crippen LogP contribution is -2.47. The molecule has 2 amide bonds. The fourth-order valence-electron chi connectivity index (χ4n) is 4.54. The summed E-state index contributed by atoms with van der Waals surface area (Å²) >= 11 is 1.56. The number of anilines is 1. The Morgan fingerprint density at radius 2 is 1.78 bits per heavy atom. The fourth-order valence-corrected chi connectivity index (χ4v) is 5.24. The van der Waals surface area contributed by atoms with Crippen molar-refractivity contribution in [2.75, 3.05) is 4.90 Å². The zero-order valence-corrected chi connectivity index (χ0v) is 19.5. The molecule has 3 aromatic rings. The Hall–Kier alpha value is -2.92. The second-order valence-electron chi connectivity index (χ2n) is 8.61. The molecule has 1 saturated carbocycles. The van der Waals surface area contributed by atoms with Gasteiger partial charge in [-0.05, 0) is 55.3 Å². The quantitative estimate of drug-likeness (QED) is 0.503. The number of amides is 2. The molecule has 2 aromatic carbocycles. The van der Waals surface area contributed by atoms with Crippen LogP contribution in [-0.4, -0.2) is 17.9 Å². The lowest BCUT2D eigenvalue weighted by Gasteiger charge is -2.33. The molecule has 1 aliphatic carbocycles. The Bertz CT molecular complexity index is 1060. The van der Waals surface area contributed by atoms with Gasteiger partial charge in [-0.3, -0.25) is 14.5 Å². The molecule has 0 radical (unpaired) electrons. The van der Waals surface area contributed by atoms with E-state index in [9.17, 15) is 9.59 Å². The van der Waals surface area contributed by atoms with Gasteiger partial charge in [-0.25, -0.2) is 0 Å². The summed E-state index contributed by atoms with van der Waals surface area (Å²) in [7, 11) is 0. The molecule has 1 aliphatic rings. The molecular weight excluding hydrogens is 416 g/mol. The zero-order chi connectivity index (χ0) is 22.5. The van der Waals surface area contributed by atoms with E-state index >= 15 is 0 Å². The van der Waals surface area contributed by atoms with Crippen molar-refractivity contribution in [3.63, 3.8) is 0 Å². The van der Waals surface area contributed by atoms with Gasteiger partial charge in [0.25, 0.3) is 0 Å². The number of nitrogens with one attached hydrogen (secondary N) is 1. The highest BCUT2D eigenvalue weighted by Gasteiger charge is 2.34. The molecule has 5 heteroatoms. The number of carbonyl (C=O) groups excluding carboxylic acids is 2. The van der Waals surface area contributed by atoms with Gasteiger partial charge in [-0.2, -0.15) is 0 Å². The van der Waals surface area contributed by atoms with Crippen molar-refractivity contribution in [1.29, 1.82) is 0 Å². The van der Waals surface area contributed by atoms with E-state index in [1.165, 1.54) is 0 Å². The van der Waals surface area contributed by atoms with Gasteiger partial charge >= 0.3 is 0 Å². The number of nitrogens with zero attached hydrogens (tertiary/aromatic N) is 1. The van der Waals surface area contributed by atoms with Crippen LogP contribution in [0.5, 0.6) is 0 Å². The molecule has 0 saturated heterocycles. The summed E-state index contributed by atoms with van der Waals surface area (Å²) in [6.45, 7) is 4.04. The number of hydrogen-bond acceptors (Lipinski definition) is 3. The zero-order valence-electron chi connectivity index (χ0n) is 18.7. The summed E-state index contributed by atoms with van der Waals surface area (Å²) in [5, 5.41) is 5.22. The molecule has 1 atom stereocenters. The number of carbonyl (C=O) groups is 2. The van der Waals surface area contributed by atoms with Crippen LogP contribution in [0.25, 0.3) is 0 Å². The Morgan fingerprint density at radius 1 is 1.03 bits per heavy atom. The molecule has 0 bridgehead atoms. The molecular formula is C27H30N2O2S. The van der Waals surface area contributed by atoms with Crippen LogP contribution in [0.15, 0.2) is 66.0 Å². The molecule has 4 rings (SSSR count). The minimum Gasteiger partial charge on any atom is -0.351 e. The van der Waals surface area contributed by atoms with E-state index in [1.807, 2.05) is 73.8 Å². The van der Waals surface area contributed by atoms with Gasteiger partial charge in [0.05, 0.1) is 6.42 Å². The van der Waals surface area contributed by atoms with Crippen molar-refractivity contribution in [1.82, 2.24) is 5.32 Å². The third-order valence-electron chi connectivity index (χ3n) is 6.11. The van der Waals surface area contributed by atoms with E-state index < -0.39 is 6.04 Å². The van der Waals surface area contributed by atoms with Crippen LogP contribution in [0.1, 0.15) is 53.3 Å². The first-order valence-corrected chi connectivity index (χ1v) is 12.2. The topological polar surface area (TPSA) is 49.4 Å². The van der Waals surface area contributed by atoms with Crippen LogP contribution in [0.4, 0.5) is 5.69 Å². The molecule has 1 aromatic heterocycles. The first-order chi connectivity index (χ1) is 15.5. The highest BCUT2D eigenvalue weighted by Crippen LogP contribution is 2.32. The first-order valence-electron chi connectivity index (χ1n) is 11.3. The first kappa shape index (κ1) is 22.3. The molecule has 1 fully saturated rings. The van der Waals surface area contributed by atoms with Crippen LogP contribution < -0.4 is 10.2 Å². The van der Waals surface area contributed by atoms with Gasteiger partial charge in [0.15, 0.2) is 0 Å². The largest absolute Gasteiger partial charge is 0.351 e. The smallest absolute Gasteiger partial charge is 0.248 e. The van der Waals surface area contributed by atoms with Crippen LogP contribution in [0.3, 0.4) is 0 Å². The Kier molecular flexibility index (Phi) is 7.05. The van der Waals surface area contributed by atoms with Gasteiger partial charge in [-0.1, -0.05) is 66.9 Å². The fraction of sp³-hybridized carbons (Fsp3) is 0.333. The summed E-state index contributed by atoms with van der Waals surface area (Å²) in [4.78, 5) is 30.2. The van der Waals surface area contributed by atoms with Crippen molar-refractivity contribution >= 4 is 28.8 Å². The summed E-state index contributed by atoms with van der Waals surface area (Å²) < 4.78 is 0. The third-order valence-corrected chi connectivity index (χ3v) is 6.99. The number of thiophene rings is 1. The maximum Gasteiger partial charge on any atom is 0.248 e. The predicted molar refractivity (Wildman–Crippen MR) is 131 cm³/mol. The SMILES string of the molecule is Cc1ccc(N(C(=O)Cc2cccs2)C(C(=O)NC2CCCC2)c2ccccc2)c(C)c1. The molecule has 1 N–H and O–H groups in total. The average molecular weight is 447 g/mol. The van der Waals surface area contributed by atoms with Gasteiger partial charge in [0.2, 0.25) is 11.8 Å². The number of benzene rings is 2. The number of rotatable bonds is 7. The molecule has 1 heterocycles. The summed E-state index contributed by atoms with van der Waals surface area (Å²) in [6, 6.07) is 19.1. The standard InChI is InChI=1S/C27H30N2O2S/c1-19-14-15-24(20(2)17-19)29(25(30)18-23-13-8-16-32-23)26(21-9-4-3-5-10-21)27(31)28-22-11-6-7-12-22/h3-5,8-10,13-17,22,26H,6-7,11-12,18H2,1-2H3,(H,28,31). The highest BCUT2D eigenvalue weighted by molar-refractivity contribution is 7.10. The maximum atomic E-state index is 13.8. The van der Waals surface area contributed by atoms with Crippen molar-refractivity contribution < 1.29 is 9.59 Å². The van der Waals surface area contributed by atoms with Crippen molar-refractivity contribution in [3.05, 3.63) is 87.6 Å². The van der Waals surface area contributed by atoms with E-state index in [0.29, 0.717) is 0 Å². The lowest BCUT2D eigenvalue weighted by atomic mass is 10.00. The summed E-state index contributed by atoms with van der Waals surface area (Å²) in [6.07, 6.45) is 4.54. The van der Waals surface area contributed by atoms with Gasteiger partial charge in [0.1, 0.15) is 6.04 Å². The average Bonchev–Trinajstić information content (AvgIpc) is 3.47. The van der Waals surface area contributed by atoms with Gasteiger partial charge in [-0.15, -0.1) is 11.3 Å². The van der Waals surface area contributed by atoms with Crippen molar-refractivity contribution in [2.45, 2.75) is 58.0 Å². The Morgan fingerprint density at radius 3 is 2.44 bits per heavy atom. The summed E-state index contributed by atoms with van der Waals surface area (Å²) in [5.74, 6) is -0.183. The minimum atomic E-state index is -0.717. The second kappa shape index (κ2) is 10.1. The van der Waals surface area contributed by atoms with Crippen LogP contribution in [0, 0.1) is 13.8 Å². The van der Waals surface area contributed by atoms with Crippen LogP contribution >= 0.6 is 11.3 Å². The van der Waals surface area contributed by atoms with Crippen molar-refractivity contribution in [2.24, 2.45) is 0 Å². The minimum absolute atomic E-state index is 0.0742. The van der Waals surface area contributed by atoms with E-state index in [-0.39, 0.29) is 24.3 Å². The van der Waals surface area contributed by atoms with Crippen LogP contribution in [-0.2, 0) is 16.0 Å². The Balaban J connectivity index is 1.77. The molecule has 1 unspecified atom stereocenters.